The maximum atomic E-state index is 12.7. The van der Waals surface area contributed by atoms with Gasteiger partial charge in [0.1, 0.15) is 0 Å². The maximum absolute atomic E-state index is 12.7. The fourth-order valence-electron chi connectivity index (χ4n) is 4.06. The molecule has 0 spiro atoms. The number of benzene rings is 2. The molecule has 0 radical (unpaired) electrons. The van der Waals surface area contributed by atoms with Gasteiger partial charge in [-0.25, -0.2) is 4.98 Å². The molecule has 1 aliphatic heterocycles. The number of nitrogens with one attached hydrogen (secondary N) is 1. The van der Waals surface area contributed by atoms with Crippen molar-refractivity contribution in [2.45, 2.75) is 46.1 Å². The van der Waals surface area contributed by atoms with Crippen LogP contribution >= 0.6 is 0 Å². The first-order valence-electron chi connectivity index (χ1n) is 10.7. The first kappa shape index (κ1) is 19.5. The summed E-state index contributed by atoms with van der Waals surface area (Å²) in [5.41, 5.74) is 4.33. The number of imidazole rings is 1. The lowest BCUT2D eigenvalue weighted by molar-refractivity contribution is -0.120. The number of rotatable bonds is 6. The van der Waals surface area contributed by atoms with Crippen LogP contribution in [0.15, 0.2) is 48.5 Å². The van der Waals surface area contributed by atoms with Crippen molar-refractivity contribution in [1.82, 2.24) is 9.55 Å². The molecule has 1 aromatic heterocycles. The molecule has 29 heavy (non-hydrogen) atoms. The number of hydrogen-bond donors (Lipinski definition) is 1. The fraction of sp³-hybridized carbons (Fsp3) is 0.417. The zero-order valence-electron chi connectivity index (χ0n) is 17.4. The lowest BCUT2D eigenvalue weighted by Crippen LogP contribution is -2.39. The molecule has 2 aromatic carbocycles. The number of anilines is 2. The topological polar surface area (TPSA) is 50.2 Å². The zero-order chi connectivity index (χ0) is 20.2. The summed E-state index contributed by atoms with van der Waals surface area (Å²) in [5, 5.41) is 3.08. The first-order valence-corrected chi connectivity index (χ1v) is 10.7. The molecule has 1 amide bonds. The number of amides is 1. The van der Waals surface area contributed by atoms with Crippen molar-refractivity contribution in [3.8, 4) is 0 Å². The van der Waals surface area contributed by atoms with Gasteiger partial charge in [0.05, 0.1) is 11.0 Å². The minimum atomic E-state index is 0.0565. The molecule has 0 bridgehead atoms. The van der Waals surface area contributed by atoms with E-state index in [0.717, 1.165) is 62.5 Å². The van der Waals surface area contributed by atoms with Crippen LogP contribution in [0.25, 0.3) is 11.0 Å². The molecular formula is C24H30N4O. The Morgan fingerprint density at radius 3 is 2.55 bits per heavy atom. The third-order valence-corrected chi connectivity index (χ3v) is 5.84. The van der Waals surface area contributed by atoms with E-state index in [4.69, 9.17) is 4.98 Å². The van der Waals surface area contributed by atoms with Crippen molar-refractivity contribution in [3.63, 3.8) is 0 Å². The van der Waals surface area contributed by atoms with Crippen LogP contribution in [0.5, 0.6) is 0 Å². The van der Waals surface area contributed by atoms with Gasteiger partial charge in [0.2, 0.25) is 11.9 Å². The molecule has 4 rings (SSSR count). The molecule has 0 saturated carbocycles. The van der Waals surface area contributed by atoms with Gasteiger partial charge in [-0.1, -0.05) is 43.2 Å². The third kappa shape index (κ3) is 4.29. The number of piperidine rings is 1. The van der Waals surface area contributed by atoms with Gasteiger partial charge in [-0.15, -0.1) is 0 Å². The van der Waals surface area contributed by atoms with Crippen LogP contribution in [0, 0.1) is 12.8 Å². The van der Waals surface area contributed by atoms with Crippen molar-refractivity contribution < 1.29 is 4.79 Å². The number of carbonyl (C=O) groups excluding carboxylic acids is 1. The second-order valence-corrected chi connectivity index (χ2v) is 8.02. The highest BCUT2D eigenvalue weighted by Gasteiger charge is 2.27. The first-order chi connectivity index (χ1) is 14.2. The van der Waals surface area contributed by atoms with E-state index in [1.54, 1.807) is 0 Å². The molecule has 0 unspecified atom stereocenters. The van der Waals surface area contributed by atoms with E-state index in [0.29, 0.717) is 0 Å². The fourth-order valence-corrected chi connectivity index (χ4v) is 4.06. The lowest BCUT2D eigenvalue weighted by Gasteiger charge is -2.32. The molecule has 1 saturated heterocycles. The van der Waals surface area contributed by atoms with E-state index in [1.807, 2.05) is 30.3 Å². The van der Waals surface area contributed by atoms with Gasteiger partial charge >= 0.3 is 0 Å². The summed E-state index contributed by atoms with van der Waals surface area (Å²) in [6.07, 6.45) is 4.01. The van der Waals surface area contributed by atoms with Gasteiger partial charge in [-0.2, -0.15) is 0 Å². The maximum Gasteiger partial charge on any atom is 0.227 e. The highest BCUT2D eigenvalue weighted by atomic mass is 16.1. The van der Waals surface area contributed by atoms with Crippen LogP contribution in [0.4, 0.5) is 11.6 Å². The molecule has 3 aromatic rings. The minimum Gasteiger partial charge on any atom is -0.342 e. The van der Waals surface area contributed by atoms with Gasteiger partial charge in [-0.3, -0.25) is 4.79 Å². The summed E-state index contributed by atoms with van der Waals surface area (Å²) < 4.78 is 2.35. The van der Waals surface area contributed by atoms with E-state index in [9.17, 15) is 4.79 Å². The molecule has 0 atom stereocenters. The monoisotopic (exact) mass is 390 g/mol. The highest BCUT2D eigenvalue weighted by Crippen LogP contribution is 2.28. The summed E-state index contributed by atoms with van der Waals surface area (Å²) in [6, 6.07) is 16.4. The van der Waals surface area contributed by atoms with Crippen molar-refractivity contribution in [2.24, 2.45) is 5.92 Å². The summed E-state index contributed by atoms with van der Waals surface area (Å²) in [7, 11) is 0. The minimum absolute atomic E-state index is 0.0565. The molecule has 5 nitrogen and oxygen atoms in total. The van der Waals surface area contributed by atoms with Crippen LogP contribution in [-0.2, 0) is 11.3 Å². The van der Waals surface area contributed by atoms with Gasteiger partial charge in [0, 0.05) is 31.2 Å². The summed E-state index contributed by atoms with van der Waals surface area (Å²) in [4.78, 5) is 20.0. The predicted octanol–water partition coefficient (Wildman–Crippen LogP) is 5.00. The molecule has 1 N–H and O–H groups in total. The zero-order valence-corrected chi connectivity index (χ0v) is 17.4. The molecule has 152 valence electrons. The van der Waals surface area contributed by atoms with E-state index >= 15 is 0 Å². The Morgan fingerprint density at radius 2 is 1.83 bits per heavy atom. The third-order valence-electron chi connectivity index (χ3n) is 5.84. The van der Waals surface area contributed by atoms with E-state index in [1.165, 1.54) is 11.1 Å². The Hall–Kier alpha value is -2.82. The smallest absolute Gasteiger partial charge is 0.227 e. The second-order valence-electron chi connectivity index (χ2n) is 8.02. The Bertz CT molecular complexity index is 968. The van der Waals surface area contributed by atoms with Gasteiger partial charge in [-0.05, 0) is 50.5 Å². The molecule has 1 fully saturated rings. The van der Waals surface area contributed by atoms with Crippen LogP contribution in [-0.4, -0.2) is 28.5 Å². The van der Waals surface area contributed by atoms with Crippen molar-refractivity contribution >= 4 is 28.6 Å². The Kier molecular flexibility index (Phi) is 5.84. The Labute approximate surface area is 172 Å². The van der Waals surface area contributed by atoms with Crippen LogP contribution in [0.2, 0.25) is 0 Å². The normalized spacial score (nSPS) is 15.0. The number of hydrogen-bond acceptors (Lipinski definition) is 3. The van der Waals surface area contributed by atoms with E-state index in [2.05, 4.69) is 46.8 Å². The number of aromatic nitrogens is 2. The largest absolute Gasteiger partial charge is 0.342 e. The van der Waals surface area contributed by atoms with Crippen LogP contribution in [0.3, 0.4) is 0 Å². The molecule has 5 heteroatoms. The Balaban J connectivity index is 1.44. The highest BCUT2D eigenvalue weighted by molar-refractivity contribution is 5.92. The molecular weight excluding hydrogens is 360 g/mol. The number of unbranched alkanes of at least 4 members (excludes halogenated alkanes) is 1. The predicted molar refractivity (Wildman–Crippen MR) is 119 cm³/mol. The molecule has 2 heterocycles. The quantitative estimate of drug-likeness (QED) is 0.644. The lowest BCUT2D eigenvalue weighted by atomic mass is 9.96. The number of aryl methyl sites for hydroxylation is 2. The number of fused-ring (bicyclic) bond motifs is 1. The number of nitrogens with zero attached hydrogens (tertiary/aromatic N) is 3. The van der Waals surface area contributed by atoms with E-state index in [-0.39, 0.29) is 11.8 Å². The molecule has 1 aliphatic rings. The van der Waals surface area contributed by atoms with Crippen molar-refractivity contribution in [1.29, 1.82) is 0 Å². The summed E-state index contributed by atoms with van der Waals surface area (Å²) in [6.45, 7) is 6.98. The Morgan fingerprint density at radius 1 is 1.10 bits per heavy atom. The van der Waals surface area contributed by atoms with Crippen LogP contribution < -0.4 is 10.2 Å². The van der Waals surface area contributed by atoms with Gasteiger partial charge in [0.15, 0.2) is 0 Å². The average Bonchev–Trinajstić information content (AvgIpc) is 3.12. The molecule has 0 aliphatic carbocycles. The van der Waals surface area contributed by atoms with E-state index < -0.39 is 0 Å². The van der Waals surface area contributed by atoms with Gasteiger partial charge < -0.3 is 14.8 Å². The van der Waals surface area contributed by atoms with Crippen LogP contribution in [0.1, 0.15) is 38.2 Å². The summed E-state index contributed by atoms with van der Waals surface area (Å²) >= 11 is 0. The summed E-state index contributed by atoms with van der Waals surface area (Å²) in [5.74, 6) is 1.24. The SMILES string of the molecule is CCCCn1c(N2CCC(C(=O)Nc3ccc(C)cc3)CC2)nc2ccccc21. The number of carbonyl (C=O) groups is 1. The average molecular weight is 391 g/mol. The number of para-hydroxylation sites is 2. The van der Waals surface area contributed by atoms with Crippen molar-refractivity contribution in [2.75, 3.05) is 23.3 Å². The standard InChI is InChI=1S/C24H30N4O/c1-3-4-15-28-22-8-6-5-7-21(22)26-24(28)27-16-13-19(14-17-27)23(29)25-20-11-9-18(2)10-12-20/h5-12,19H,3-4,13-17H2,1-2H3,(H,25,29). The second kappa shape index (κ2) is 8.68. The van der Waals surface area contributed by atoms with Gasteiger partial charge in [0.25, 0.3) is 0 Å². The van der Waals surface area contributed by atoms with Crippen molar-refractivity contribution in [3.05, 3.63) is 54.1 Å².